The topological polar surface area (TPSA) is 93.2 Å². The SMILES string of the molecule is COc1ccccc1Nc1ccc(NS(C)(=O)=O)nn1. The van der Waals surface area contributed by atoms with Gasteiger partial charge in [0.05, 0.1) is 19.1 Å². The first kappa shape index (κ1) is 14.1. The van der Waals surface area contributed by atoms with Gasteiger partial charge in [-0.3, -0.25) is 4.72 Å². The minimum atomic E-state index is -3.35. The Bertz CT molecular complexity index is 686. The Morgan fingerprint density at radius 2 is 1.70 bits per heavy atom. The van der Waals surface area contributed by atoms with Gasteiger partial charge in [0.1, 0.15) is 5.75 Å². The Labute approximate surface area is 117 Å². The van der Waals surface area contributed by atoms with E-state index in [-0.39, 0.29) is 5.82 Å². The number of hydrogen-bond donors (Lipinski definition) is 2. The molecule has 0 aliphatic rings. The van der Waals surface area contributed by atoms with Gasteiger partial charge in [-0.05, 0) is 24.3 Å². The van der Waals surface area contributed by atoms with Gasteiger partial charge in [0.25, 0.3) is 0 Å². The van der Waals surface area contributed by atoms with Crippen molar-refractivity contribution in [3.05, 3.63) is 36.4 Å². The first-order valence-corrected chi connectivity index (χ1v) is 7.58. The molecular weight excluding hydrogens is 280 g/mol. The van der Waals surface area contributed by atoms with Crippen LogP contribution in [0.15, 0.2) is 36.4 Å². The molecule has 2 aromatic rings. The molecule has 0 saturated heterocycles. The molecule has 2 rings (SSSR count). The Morgan fingerprint density at radius 1 is 1.05 bits per heavy atom. The fraction of sp³-hybridized carbons (Fsp3) is 0.167. The number of nitrogens with zero attached hydrogens (tertiary/aromatic N) is 2. The van der Waals surface area contributed by atoms with Crippen LogP contribution in [0.2, 0.25) is 0 Å². The van der Waals surface area contributed by atoms with E-state index in [4.69, 9.17) is 4.74 Å². The first-order valence-electron chi connectivity index (χ1n) is 5.69. The molecular formula is C12H14N4O3S. The summed E-state index contributed by atoms with van der Waals surface area (Å²) in [4.78, 5) is 0. The third-order valence-corrected chi connectivity index (χ3v) is 2.90. The predicted octanol–water partition coefficient (Wildman–Crippen LogP) is 1.60. The highest BCUT2D eigenvalue weighted by Crippen LogP contribution is 2.25. The molecule has 1 aromatic heterocycles. The van der Waals surface area contributed by atoms with Crippen molar-refractivity contribution in [2.75, 3.05) is 23.4 Å². The van der Waals surface area contributed by atoms with Gasteiger partial charge >= 0.3 is 0 Å². The number of methoxy groups -OCH3 is 1. The highest BCUT2D eigenvalue weighted by molar-refractivity contribution is 7.92. The van der Waals surface area contributed by atoms with Crippen LogP contribution in [-0.2, 0) is 10.0 Å². The molecule has 0 aliphatic heterocycles. The summed E-state index contributed by atoms with van der Waals surface area (Å²) in [5, 5.41) is 10.7. The van der Waals surface area contributed by atoms with Crippen molar-refractivity contribution in [3.63, 3.8) is 0 Å². The highest BCUT2D eigenvalue weighted by atomic mass is 32.2. The summed E-state index contributed by atoms with van der Waals surface area (Å²) in [5.74, 6) is 1.32. The molecule has 2 N–H and O–H groups in total. The van der Waals surface area contributed by atoms with Gasteiger partial charge in [-0.15, -0.1) is 10.2 Å². The van der Waals surface area contributed by atoms with E-state index < -0.39 is 10.0 Å². The summed E-state index contributed by atoms with van der Waals surface area (Å²) in [6.45, 7) is 0. The molecule has 0 fully saturated rings. The number of para-hydroxylation sites is 2. The number of anilines is 3. The standard InChI is InChI=1S/C12H14N4O3S/c1-19-10-6-4-3-5-9(10)13-11-7-8-12(15-14-11)16-20(2,17)18/h3-8H,1-2H3,(H,13,14)(H,15,16). The average molecular weight is 294 g/mol. The number of hydrogen-bond acceptors (Lipinski definition) is 6. The Kier molecular flexibility index (Phi) is 4.04. The van der Waals surface area contributed by atoms with E-state index in [1.165, 1.54) is 6.07 Å². The van der Waals surface area contributed by atoms with Gasteiger partial charge in [-0.25, -0.2) is 8.42 Å². The summed E-state index contributed by atoms with van der Waals surface area (Å²) in [7, 11) is -1.78. The van der Waals surface area contributed by atoms with Gasteiger partial charge in [0, 0.05) is 0 Å². The lowest BCUT2D eigenvalue weighted by Crippen LogP contribution is -2.11. The molecule has 0 bridgehead atoms. The lowest BCUT2D eigenvalue weighted by atomic mass is 10.3. The highest BCUT2D eigenvalue weighted by Gasteiger charge is 2.06. The van der Waals surface area contributed by atoms with Crippen molar-refractivity contribution >= 4 is 27.3 Å². The van der Waals surface area contributed by atoms with Crippen LogP contribution < -0.4 is 14.8 Å². The number of benzene rings is 1. The van der Waals surface area contributed by atoms with Crippen molar-refractivity contribution in [2.45, 2.75) is 0 Å². The molecule has 0 amide bonds. The third kappa shape index (κ3) is 3.82. The summed E-state index contributed by atoms with van der Waals surface area (Å²) in [6, 6.07) is 10.5. The van der Waals surface area contributed by atoms with Crippen LogP contribution in [0.5, 0.6) is 5.75 Å². The lowest BCUT2D eigenvalue weighted by molar-refractivity contribution is 0.417. The lowest BCUT2D eigenvalue weighted by Gasteiger charge is -2.10. The van der Waals surface area contributed by atoms with E-state index in [0.29, 0.717) is 11.6 Å². The van der Waals surface area contributed by atoms with Gasteiger partial charge in [0.2, 0.25) is 10.0 Å². The molecule has 0 atom stereocenters. The number of sulfonamides is 1. The quantitative estimate of drug-likeness (QED) is 0.870. The molecule has 1 aromatic carbocycles. The van der Waals surface area contributed by atoms with Crippen molar-refractivity contribution in [1.29, 1.82) is 0 Å². The second-order valence-electron chi connectivity index (χ2n) is 4.00. The van der Waals surface area contributed by atoms with E-state index in [1.807, 2.05) is 24.3 Å². The van der Waals surface area contributed by atoms with Gasteiger partial charge in [0.15, 0.2) is 11.6 Å². The third-order valence-electron chi connectivity index (χ3n) is 2.32. The molecule has 8 heteroatoms. The molecule has 0 saturated carbocycles. The summed E-state index contributed by atoms with van der Waals surface area (Å²) in [5.41, 5.74) is 0.744. The van der Waals surface area contributed by atoms with Gasteiger partial charge < -0.3 is 10.1 Å². The summed E-state index contributed by atoms with van der Waals surface area (Å²) in [6.07, 6.45) is 1.05. The Morgan fingerprint density at radius 3 is 2.30 bits per heavy atom. The van der Waals surface area contributed by atoms with Crippen LogP contribution in [-0.4, -0.2) is 32.0 Å². The average Bonchev–Trinajstić information content (AvgIpc) is 2.40. The Balaban J connectivity index is 2.15. The van der Waals surface area contributed by atoms with E-state index in [0.717, 1.165) is 11.9 Å². The summed E-state index contributed by atoms with van der Waals surface area (Å²) >= 11 is 0. The van der Waals surface area contributed by atoms with Crippen LogP contribution >= 0.6 is 0 Å². The monoisotopic (exact) mass is 294 g/mol. The first-order chi connectivity index (χ1) is 9.48. The van der Waals surface area contributed by atoms with Crippen LogP contribution in [0.25, 0.3) is 0 Å². The van der Waals surface area contributed by atoms with Crippen LogP contribution in [0.4, 0.5) is 17.3 Å². The zero-order valence-corrected chi connectivity index (χ0v) is 11.8. The number of ether oxygens (including phenoxy) is 1. The minimum Gasteiger partial charge on any atom is -0.495 e. The van der Waals surface area contributed by atoms with Gasteiger partial charge in [-0.1, -0.05) is 12.1 Å². The molecule has 106 valence electrons. The maximum absolute atomic E-state index is 11.0. The Hall–Kier alpha value is -2.35. The molecule has 0 unspecified atom stereocenters. The van der Waals surface area contributed by atoms with E-state index in [9.17, 15) is 8.42 Å². The van der Waals surface area contributed by atoms with E-state index in [1.54, 1.807) is 13.2 Å². The zero-order chi connectivity index (χ0) is 14.6. The van der Waals surface area contributed by atoms with Gasteiger partial charge in [-0.2, -0.15) is 0 Å². The molecule has 0 radical (unpaired) electrons. The van der Waals surface area contributed by atoms with E-state index >= 15 is 0 Å². The predicted molar refractivity (Wildman–Crippen MR) is 76.8 cm³/mol. The molecule has 0 aliphatic carbocycles. The van der Waals surface area contributed by atoms with Crippen molar-refractivity contribution in [1.82, 2.24) is 10.2 Å². The fourth-order valence-electron chi connectivity index (χ4n) is 1.53. The smallest absolute Gasteiger partial charge is 0.231 e. The maximum atomic E-state index is 11.0. The van der Waals surface area contributed by atoms with Crippen molar-refractivity contribution in [3.8, 4) is 5.75 Å². The van der Waals surface area contributed by atoms with Crippen LogP contribution in [0.1, 0.15) is 0 Å². The zero-order valence-electron chi connectivity index (χ0n) is 11.0. The van der Waals surface area contributed by atoms with Crippen LogP contribution in [0.3, 0.4) is 0 Å². The maximum Gasteiger partial charge on any atom is 0.231 e. The minimum absolute atomic E-state index is 0.165. The summed E-state index contributed by atoms with van der Waals surface area (Å²) < 4.78 is 29.5. The molecule has 7 nitrogen and oxygen atoms in total. The normalized spacial score (nSPS) is 10.9. The number of aromatic nitrogens is 2. The van der Waals surface area contributed by atoms with E-state index in [2.05, 4.69) is 20.2 Å². The molecule has 20 heavy (non-hydrogen) atoms. The number of nitrogens with one attached hydrogen (secondary N) is 2. The molecule has 1 heterocycles. The van der Waals surface area contributed by atoms with Crippen LogP contribution in [0, 0.1) is 0 Å². The largest absolute Gasteiger partial charge is 0.495 e. The van der Waals surface area contributed by atoms with Crippen molar-refractivity contribution in [2.24, 2.45) is 0 Å². The number of rotatable bonds is 5. The molecule has 0 spiro atoms. The second kappa shape index (κ2) is 5.74. The van der Waals surface area contributed by atoms with Crippen molar-refractivity contribution < 1.29 is 13.2 Å². The second-order valence-corrected chi connectivity index (χ2v) is 5.75. The fourth-order valence-corrected chi connectivity index (χ4v) is 2.02.